The van der Waals surface area contributed by atoms with E-state index in [1.54, 1.807) is 0 Å². The van der Waals surface area contributed by atoms with Gasteiger partial charge in [-0.05, 0) is 0 Å². The van der Waals surface area contributed by atoms with Crippen LogP contribution >= 0.6 is 0 Å². The number of hydrogen-bond donors (Lipinski definition) is 0. The molecule has 0 fully saturated rings. The maximum Gasteiger partial charge on any atom is 1.00 e. The van der Waals surface area contributed by atoms with Crippen LogP contribution in [0.5, 0.6) is 0 Å². The van der Waals surface area contributed by atoms with Gasteiger partial charge in [0, 0.05) is 24.4 Å². The van der Waals surface area contributed by atoms with Crippen LogP contribution in [0, 0.1) is 0 Å². The summed E-state index contributed by atoms with van der Waals surface area (Å²) in [5.74, 6) is 0. The van der Waals surface area contributed by atoms with Crippen molar-refractivity contribution >= 4 is 37.9 Å². The summed E-state index contributed by atoms with van der Waals surface area (Å²) >= 11 is 0. The van der Waals surface area contributed by atoms with E-state index in [4.69, 9.17) is 0 Å². The molecule has 0 spiro atoms. The molecule has 0 aromatic carbocycles. The van der Waals surface area contributed by atoms with Crippen LogP contribution in [0.2, 0.25) is 0 Å². The summed E-state index contributed by atoms with van der Waals surface area (Å²) in [5.41, 5.74) is 0. The Labute approximate surface area is 196 Å². The van der Waals surface area contributed by atoms with Gasteiger partial charge in [0.15, 0.2) is 0 Å². The molecule has 7 heavy (non-hydrogen) atoms. The van der Waals surface area contributed by atoms with Crippen LogP contribution in [0.4, 0.5) is 0 Å². The van der Waals surface area contributed by atoms with Gasteiger partial charge in [-0.2, -0.15) is 0 Å². The van der Waals surface area contributed by atoms with Crippen molar-refractivity contribution in [3.63, 3.8) is 0 Å². The third kappa shape index (κ3) is 33.3. The molecule has 2 nitrogen and oxygen atoms in total. The summed E-state index contributed by atoms with van der Waals surface area (Å²) < 4.78 is 0. The first kappa shape index (κ1) is 52.0. The molecule has 0 amide bonds. The summed E-state index contributed by atoms with van der Waals surface area (Å²) in [7, 11) is 0. The fraction of sp³-hybridized carbons (Fsp3) is 0. The van der Waals surface area contributed by atoms with E-state index in [1.165, 1.54) is 0 Å². The van der Waals surface area contributed by atoms with E-state index in [0.717, 1.165) is 0 Å². The van der Waals surface area contributed by atoms with Crippen molar-refractivity contribution in [1.82, 2.24) is 0 Å². The first-order chi connectivity index (χ1) is 0. The van der Waals surface area contributed by atoms with Crippen molar-refractivity contribution in [2.75, 3.05) is 0 Å². The van der Waals surface area contributed by atoms with Gasteiger partial charge < -0.3 is 24.4 Å². The zero-order chi connectivity index (χ0) is 0. The molecule has 0 atom stereocenters. The van der Waals surface area contributed by atoms with Crippen LogP contribution < -0.4 is 154 Å². The molecule has 29 valence electrons. The normalized spacial score (nSPS) is 0. The van der Waals surface area contributed by atoms with Gasteiger partial charge in [0.25, 0.3) is 0 Å². The quantitative estimate of drug-likeness (QED) is 0.254. The Balaban J connectivity index is 0. The molecule has 0 unspecified atom stereocenters. The van der Waals surface area contributed by atoms with Crippen molar-refractivity contribution in [3.8, 4) is 0 Å². The van der Waals surface area contributed by atoms with E-state index < -0.39 is 0 Å². The van der Waals surface area contributed by atoms with E-state index in [2.05, 4.69) is 0 Å². The monoisotopic (exact) mass is 305 g/mol. The van der Waals surface area contributed by atoms with Gasteiger partial charge in [-0.15, -0.1) is 0 Å². The predicted molar refractivity (Wildman–Crippen MR) is 18.4 cm³/mol. The summed E-state index contributed by atoms with van der Waals surface area (Å²) in [4.78, 5) is 0. The minimum absolute atomic E-state index is 0. The Hall–Kier alpha value is 6.00. The van der Waals surface area contributed by atoms with Gasteiger partial charge in [0.2, 0.25) is 0 Å². The largest absolute Gasteiger partial charge is 1.00 e. The summed E-state index contributed by atoms with van der Waals surface area (Å²) in [5, 5.41) is 0. The van der Waals surface area contributed by atoms with E-state index in [0.29, 0.717) is 0 Å². The summed E-state index contributed by atoms with van der Waals surface area (Å²) in [6, 6.07) is 0. The molecule has 2 N–H and O–H groups in total. The molecule has 0 aliphatic carbocycles. The molecule has 0 rings (SSSR count). The van der Waals surface area contributed by atoms with Crippen molar-refractivity contribution in [3.05, 3.63) is 0 Å². The molecule has 7 heteroatoms. The Kier molecular flexibility index (Phi) is 300. The van der Waals surface area contributed by atoms with Crippen molar-refractivity contribution in [1.29, 1.82) is 0 Å². The topological polar surface area (TPSA) is 60.0 Å². The molecule has 0 aliphatic heterocycles. The van der Waals surface area contributed by atoms with Crippen LogP contribution in [-0.2, 0) is 13.5 Å². The maximum absolute atomic E-state index is 0. The third-order valence-corrected chi connectivity index (χ3v) is 0. The molecular formula is H3K3O2SSb. The molecule has 0 aromatic heterocycles. The standard InChI is InChI=1S/3K.2H2O.H2S.Sb/h;;;3*1H2;/q3*+1;;;;/p-3. The van der Waals surface area contributed by atoms with E-state index in [-0.39, 0.29) is 203 Å². The van der Waals surface area contributed by atoms with E-state index in [1.807, 2.05) is 0 Å². The van der Waals surface area contributed by atoms with Crippen molar-refractivity contribution < 1.29 is 165 Å². The van der Waals surface area contributed by atoms with Crippen LogP contribution in [-0.4, -0.2) is 35.4 Å². The van der Waals surface area contributed by atoms with Gasteiger partial charge in [-0.3, -0.25) is 0 Å². The maximum atomic E-state index is 0. The van der Waals surface area contributed by atoms with Crippen LogP contribution in [0.25, 0.3) is 0 Å². The fourth-order valence-electron chi connectivity index (χ4n) is 0. The van der Waals surface area contributed by atoms with Crippen molar-refractivity contribution in [2.24, 2.45) is 0 Å². The fourth-order valence-corrected chi connectivity index (χ4v) is 0. The first-order valence-corrected chi connectivity index (χ1v) is 0. The first-order valence-electron chi connectivity index (χ1n) is 0. The molecule has 0 saturated carbocycles. The van der Waals surface area contributed by atoms with E-state index in [9.17, 15) is 0 Å². The molecule has 0 bridgehead atoms. The zero-order valence-corrected chi connectivity index (χ0v) is 17.6. The Morgan fingerprint density at radius 1 is 0.571 bits per heavy atom. The predicted octanol–water partition coefficient (Wildman–Crippen LogP) is -9.99. The van der Waals surface area contributed by atoms with Gasteiger partial charge in [-0.1, -0.05) is 0 Å². The Bertz CT molecular complexity index is 12.9. The van der Waals surface area contributed by atoms with E-state index >= 15 is 0 Å². The second kappa shape index (κ2) is 40.3. The van der Waals surface area contributed by atoms with Gasteiger partial charge in [0.1, 0.15) is 0 Å². The minimum Gasteiger partial charge on any atom is -0.870 e. The SMILES string of the molecule is [K+].[K+].[K+].[OH-].[OH-].[SH-].[Sb]. The molecule has 0 aliphatic rings. The van der Waals surface area contributed by atoms with Gasteiger partial charge in [-0.25, -0.2) is 0 Å². The average Bonchev–Trinajstić information content (AvgIpc) is 0. The zero-order valence-electron chi connectivity index (χ0n) is 4.79. The smallest absolute Gasteiger partial charge is 0.870 e. The Morgan fingerprint density at radius 3 is 0.571 bits per heavy atom. The van der Waals surface area contributed by atoms with Crippen LogP contribution in [0.15, 0.2) is 0 Å². The number of hydrogen-bond acceptors (Lipinski definition) is 3. The van der Waals surface area contributed by atoms with Gasteiger partial charge >= 0.3 is 154 Å². The van der Waals surface area contributed by atoms with Crippen LogP contribution in [0.1, 0.15) is 0 Å². The second-order valence-corrected chi connectivity index (χ2v) is 0. The van der Waals surface area contributed by atoms with Gasteiger partial charge in [0.05, 0.1) is 0 Å². The minimum atomic E-state index is 0. The Morgan fingerprint density at radius 2 is 0.571 bits per heavy atom. The third-order valence-electron chi connectivity index (χ3n) is 0. The average molecular weight is 306 g/mol. The summed E-state index contributed by atoms with van der Waals surface area (Å²) in [6.07, 6.45) is 0. The number of thiol groups is 1. The molecule has 0 aromatic rings. The molecular weight excluding hydrogens is 303 g/mol. The summed E-state index contributed by atoms with van der Waals surface area (Å²) in [6.45, 7) is 0. The molecule has 0 heterocycles. The molecule has 3 radical (unpaired) electrons. The molecule has 0 saturated heterocycles. The number of rotatable bonds is 0. The van der Waals surface area contributed by atoms with Crippen molar-refractivity contribution in [2.45, 2.75) is 0 Å². The van der Waals surface area contributed by atoms with Crippen LogP contribution in [0.3, 0.4) is 0 Å². The second-order valence-electron chi connectivity index (χ2n) is 0.